The van der Waals surface area contributed by atoms with Gasteiger partial charge in [-0.1, -0.05) is 20.3 Å². The Morgan fingerprint density at radius 3 is 2.54 bits per heavy atom. The van der Waals surface area contributed by atoms with E-state index in [1.54, 1.807) is 4.90 Å². The van der Waals surface area contributed by atoms with E-state index in [0.29, 0.717) is 6.61 Å². The Labute approximate surface area is 81.1 Å². The summed E-state index contributed by atoms with van der Waals surface area (Å²) < 4.78 is 5.21. The fourth-order valence-electron chi connectivity index (χ4n) is 0.976. The van der Waals surface area contributed by atoms with E-state index in [0.717, 1.165) is 25.8 Å². The second kappa shape index (κ2) is 8.05. The highest BCUT2D eigenvalue weighted by Crippen LogP contribution is 1.91. The smallest absolute Gasteiger partial charge is 0.248 e. The van der Waals surface area contributed by atoms with Gasteiger partial charge in [-0.2, -0.15) is 0 Å². The molecule has 0 fully saturated rings. The predicted molar refractivity (Wildman–Crippen MR) is 53.7 cm³/mol. The fraction of sp³-hybridized carbons (Fsp3) is 0.900. The number of amides is 1. The molecule has 0 N–H and O–H groups in total. The van der Waals surface area contributed by atoms with Crippen LogP contribution in [0.4, 0.5) is 0 Å². The average molecular weight is 187 g/mol. The molecular weight excluding hydrogens is 166 g/mol. The molecule has 0 spiro atoms. The van der Waals surface area contributed by atoms with Crippen molar-refractivity contribution in [1.29, 1.82) is 0 Å². The number of likely N-dealkylation sites (N-methyl/N-ethyl adjacent to an activating group) is 1. The van der Waals surface area contributed by atoms with Gasteiger partial charge in [0, 0.05) is 20.2 Å². The van der Waals surface area contributed by atoms with Gasteiger partial charge in [0.1, 0.15) is 6.61 Å². The molecule has 0 saturated carbocycles. The number of rotatable bonds is 7. The van der Waals surface area contributed by atoms with Crippen molar-refractivity contribution in [2.24, 2.45) is 0 Å². The first kappa shape index (κ1) is 12.4. The molecule has 3 heteroatoms. The van der Waals surface area contributed by atoms with Crippen LogP contribution in [0.2, 0.25) is 0 Å². The second-order valence-corrected chi connectivity index (χ2v) is 3.22. The molecule has 0 rings (SSSR count). The lowest BCUT2D eigenvalue weighted by molar-refractivity contribution is -0.134. The van der Waals surface area contributed by atoms with Crippen LogP contribution in [0.15, 0.2) is 0 Å². The van der Waals surface area contributed by atoms with Crippen molar-refractivity contribution in [2.75, 3.05) is 26.8 Å². The van der Waals surface area contributed by atoms with Crippen molar-refractivity contribution in [3.05, 3.63) is 0 Å². The molecule has 0 aliphatic carbocycles. The topological polar surface area (TPSA) is 29.5 Å². The van der Waals surface area contributed by atoms with Crippen molar-refractivity contribution in [3.8, 4) is 0 Å². The molecule has 1 amide bonds. The van der Waals surface area contributed by atoms with Gasteiger partial charge in [-0.3, -0.25) is 4.79 Å². The summed E-state index contributed by atoms with van der Waals surface area (Å²) in [7, 11) is 1.81. The third-order valence-electron chi connectivity index (χ3n) is 1.85. The lowest BCUT2D eigenvalue weighted by Gasteiger charge is -2.15. The van der Waals surface area contributed by atoms with E-state index in [4.69, 9.17) is 4.74 Å². The lowest BCUT2D eigenvalue weighted by Crippen LogP contribution is -2.31. The molecule has 0 saturated heterocycles. The molecule has 0 radical (unpaired) electrons. The summed E-state index contributed by atoms with van der Waals surface area (Å²) in [5, 5.41) is 0. The molecule has 0 aromatic rings. The normalized spacial score (nSPS) is 10.1. The summed E-state index contributed by atoms with van der Waals surface area (Å²) >= 11 is 0. The van der Waals surface area contributed by atoms with E-state index >= 15 is 0 Å². The number of nitrogens with zero attached hydrogens (tertiary/aromatic N) is 1. The standard InChI is InChI=1S/C10H21NO2/c1-4-6-8-13-9-10(12)11(3)7-5-2/h4-9H2,1-3H3. The molecular formula is C10H21NO2. The van der Waals surface area contributed by atoms with Crippen LogP contribution in [0.5, 0.6) is 0 Å². The van der Waals surface area contributed by atoms with E-state index in [-0.39, 0.29) is 12.5 Å². The van der Waals surface area contributed by atoms with Gasteiger partial charge in [0.25, 0.3) is 0 Å². The van der Waals surface area contributed by atoms with Gasteiger partial charge < -0.3 is 9.64 Å². The van der Waals surface area contributed by atoms with Gasteiger partial charge in [-0.15, -0.1) is 0 Å². The van der Waals surface area contributed by atoms with Crippen LogP contribution in [0.3, 0.4) is 0 Å². The number of hydrogen-bond acceptors (Lipinski definition) is 2. The zero-order valence-corrected chi connectivity index (χ0v) is 9.01. The molecule has 0 unspecified atom stereocenters. The molecule has 3 nitrogen and oxygen atoms in total. The van der Waals surface area contributed by atoms with Crippen LogP contribution in [-0.4, -0.2) is 37.6 Å². The second-order valence-electron chi connectivity index (χ2n) is 3.22. The third-order valence-corrected chi connectivity index (χ3v) is 1.85. The summed E-state index contributed by atoms with van der Waals surface area (Å²) in [5.74, 6) is 0.0814. The monoisotopic (exact) mass is 187 g/mol. The zero-order valence-electron chi connectivity index (χ0n) is 9.01. The molecule has 0 aliphatic heterocycles. The van der Waals surface area contributed by atoms with E-state index in [1.165, 1.54) is 0 Å². The van der Waals surface area contributed by atoms with E-state index in [1.807, 2.05) is 7.05 Å². The summed E-state index contributed by atoms with van der Waals surface area (Å²) in [6.07, 6.45) is 3.14. The maximum atomic E-state index is 11.3. The Balaban J connectivity index is 3.38. The third kappa shape index (κ3) is 6.58. The van der Waals surface area contributed by atoms with Crippen molar-refractivity contribution >= 4 is 5.91 Å². The molecule has 0 bridgehead atoms. The van der Waals surface area contributed by atoms with Crippen LogP contribution >= 0.6 is 0 Å². The zero-order chi connectivity index (χ0) is 10.1. The average Bonchev–Trinajstić information content (AvgIpc) is 2.12. The first-order chi connectivity index (χ1) is 6.22. The van der Waals surface area contributed by atoms with Gasteiger partial charge in [-0.05, 0) is 12.8 Å². The number of unbranched alkanes of at least 4 members (excludes halogenated alkanes) is 1. The minimum atomic E-state index is 0.0814. The van der Waals surface area contributed by atoms with Crippen LogP contribution in [0, 0.1) is 0 Å². The highest BCUT2D eigenvalue weighted by Gasteiger charge is 2.06. The molecule has 0 aliphatic rings. The highest BCUT2D eigenvalue weighted by atomic mass is 16.5. The summed E-state index contributed by atoms with van der Waals surface area (Å²) in [5.41, 5.74) is 0. The summed E-state index contributed by atoms with van der Waals surface area (Å²) in [4.78, 5) is 13.0. The van der Waals surface area contributed by atoms with Crippen LogP contribution in [-0.2, 0) is 9.53 Å². The molecule has 0 aromatic heterocycles. The Hall–Kier alpha value is -0.570. The largest absolute Gasteiger partial charge is 0.372 e. The number of carbonyl (C=O) groups is 1. The Bertz CT molecular complexity index is 137. The minimum absolute atomic E-state index is 0.0814. The maximum Gasteiger partial charge on any atom is 0.248 e. The number of hydrogen-bond donors (Lipinski definition) is 0. The van der Waals surface area contributed by atoms with Gasteiger partial charge >= 0.3 is 0 Å². The van der Waals surface area contributed by atoms with Crippen molar-refractivity contribution in [3.63, 3.8) is 0 Å². The van der Waals surface area contributed by atoms with E-state index in [2.05, 4.69) is 13.8 Å². The number of carbonyl (C=O) groups excluding carboxylic acids is 1. The van der Waals surface area contributed by atoms with Crippen molar-refractivity contribution in [1.82, 2.24) is 4.90 Å². The van der Waals surface area contributed by atoms with Crippen LogP contribution < -0.4 is 0 Å². The molecule has 0 atom stereocenters. The van der Waals surface area contributed by atoms with Gasteiger partial charge in [0.05, 0.1) is 0 Å². The van der Waals surface area contributed by atoms with Gasteiger partial charge in [0.2, 0.25) is 5.91 Å². The Morgan fingerprint density at radius 2 is 2.00 bits per heavy atom. The van der Waals surface area contributed by atoms with E-state index < -0.39 is 0 Å². The van der Waals surface area contributed by atoms with E-state index in [9.17, 15) is 4.79 Å². The quantitative estimate of drug-likeness (QED) is 0.567. The molecule has 78 valence electrons. The van der Waals surface area contributed by atoms with Gasteiger partial charge in [0.15, 0.2) is 0 Å². The maximum absolute atomic E-state index is 11.3. The molecule has 0 aromatic carbocycles. The predicted octanol–water partition coefficient (Wildman–Crippen LogP) is 1.67. The summed E-state index contributed by atoms with van der Waals surface area (Å²) in [6, 6.07) is 0. The highest BCUT2D eigenvalue weighted by molar-refractivity contribution is 5.77. The molecule has 13 heavy (non-hydrogen) atoms. The number of ether oxygens (including phenoxy) is 1. The molecule has 0 heterocycles. The Kier molecular flexibility index (Phi) is 7.69. The minimum Gasteiger partial charge on any atom is -0.372 e. The van der Waals surface area contributed by atoms with Gasteiger partial charge in [-0.25, -0.2) is 0 Å². The van der Waals surface area contributed by atoms with Crippen LogP contribution in [0.25, 0.3) is 0 Å². The first-order valence-electron chi connectivity index (χ1n) is 5.04. The van der Waals surface area contributed by atoms with Crippen molar-refractivity contribution < 1.29 is 9.53 Å². The SMILES string of the molecule is CCCCOCC(=O)N(C)CCC. The van der Waals surface area contributed by atoms with Crippen molar-refractivity contribution in [2.45, 2.75) is 33.1 Å². The summed E-state index contributed by atoms with van der Waals surface area (Å²) in [6.45, 7) is 5.91. The fourth-order valence-corrected chi connectivity index (χ4v) is 0.976. The first-order valence-corrected chi connectivity index (χ1v) is 5.04. The van der Waals surface area contributed by atoms with Crippen LogP contribution in [0.1, 0.15) is 33.1 Å². The Morgan fingerprint density at radius 1 is 1.31 bits per heavy atom. The lowest BCUT2D eigenvalue weighted by atomic mass is 10.4.